The number of hydrogen-bond donors (Lipinski definition) is 2. The maximum Gasteiger partial charge on any atom is 0.337 e. The van der Waals surface area contributed by atoms with E-state index in [0.717, 1.165) is 0 Å². The first kappa shape index (κ1) is 16.7. The van der Waals surface area contributed by atoms with Crippen molar-refractivity contribution < 1.29 is 14.8 Å². The van der Waals surface area contributed by atoms with Crippen molar-refractivity contribution >= 4 is 46.8 Å². The van der Waals surface area contributed by atoms with Gasteiger partial charge >= 0.3 is 5.97 Å². The lowest BCUT2D eigenvalue weighted by atomic mass is 10.2. The van der Waals surface area contributed by atoms with E-state index in [2.05, 4.69) is 10.5 Å². The Morgan fingerprint density at radius 3 is 2.57 bits per heavy atom. The van der Waals surface area contributed by atoms with Crippen LogP contribution in [0, 0.1) is 10.1 Å². The van der Waals surface area contributed by atoms with Crippen LogP contribution in [0.2, 0.25) is 10.0 Å². The van der Waals surface area contributed by atoms with E-state index in [1.165, 1.54) is 30.5 Å². The molecule has 0 saturated heterocycles. The van der Waals surface area contributed by atoms with Crippen LogP contribution >= 0.6 is 23.2 Å². The molecule has 0 amide bonds. The molecule has 7 nitrogen and oxygen atoms in total. The first-order valence-corrected chi connectivity index (χ1v) is 6.90. The topological polar surface area (TPSA) is 105 Å². The second-order valence-electron chi connectivity index (χ2n) is 4.34. The fraction of sp³-hybridized carbons (Fsp3) is 0. The summed E-state index contributed by atoms with van der Waals surface area (Å²) >= 11 is 11.5. The van der Waals surface area contributed by atoms with Gasteiger partial charge in [-0.1, -0.05) is 29.3 Å². The van der Waals surface area contributed by atoms with E-state index in [-0.39, 0.29) is 21.3 Å². The number of nitro benzene ring substituents is 1. The van der Waals surface area contributed by atoms with Crippen LogP contribution in [-0.2, 0) is 0 Å². The van der Waals surface area contributed by atoms with Gasteiger partial charge in [-0.05, 0) is 24.3 Å². The molecule has 0 aromatic heterocycles. The van der Waals surface area contributed by atoms with Crippen LogP contribution in [0.25, 0.3) is 0 Å². The Balaban J connectivity index is 2.16. The van der Waals surface area contributed by atoms with Crippen LogP contribution in [-0.4, -0.2) is 22.2 Å². The number of anilines is 1. The van der Waals surface area contributed by atoms with Crippen molar-refractivity contribution in [3.05, 3.63) is 67.7 Å². The number of carbonyl (C=O) groups is 1. The van der Waals surface area contributed by atoms with Crippen LogP contribution in [0.1, 0.15) is 15.9 Å². The smallest absolute Gasteiger partial charge is 0.337 e. The summed E-state index contributed by atoms with van der Waals surface area (Å²) in [5.41, 5.74) is 3.20. The lowest BCUT2D eigenvalue weighted by molar-refractivity contribution is -0.384. The molecule has 0 bridgehead atoms. The normalized spacial score (nSPS) is 10.7. The molecular weight excluding hydrogens is 345 g/mol. The van der Waals surface area contributed by atoms with Crippen LogP contribution in [0.3, 0.4) is 0 Å². The molecule has 23 heavy (non-hydrogen) atoms. The largest absolute Gasteiger partial charge is 0.478 e. The zero-order valence-corrected chi connectivity index (χ0v) is 12.9. The molecule has 0 fully saturated rings. The molecule has 0 aliphatic heterocycles. The molecule has 2 rings (SSSR count). The summed E-state index contributed by atoms with van der Waals surface area (Å²) in [4.78, 5) is 21.2. The molecule has 2 aromatic carbocycles. The van der Waals surface area contributed by atoms with Crippen molar-refractivity contribution in [3.63, 3.8) is 0 Å². The molecule has 0 atom stereocenters. The second-order valence-corrected chi connectivity index (χ2v) is 5.15. The Morgan fingerprint density at radius 2 is 1.91 bits per heavy atom. The highest BCUT2D eigenvalue weighted by molar-refractivity contribution is 6.33. The molecule has 2 aromatic rings. The standard InChI is InChI=1S/C14H9Cl2N3O4/c15-11-4-2-9(6-10(11)14(20)21)18-17-7-8-1-3-12(16)13(5-8)19(22)23/h1-7,18H,(H,20,21). The number of rotatable bonds is 5. The predicted octanol–water partition coefficient (Wildman–Crippen LogP) is 4.05. The number of halogens is 2. The second kappa shape index (κ2) is 7.08. The van der Waals surface area contributed by atoms with Crippen molar-refractivity contribution in [2.75, 3.05) is 5.43 Å². The molecule has 0 aliphatic rings. The number of nitrogens with one attached hydrogen (secondary N) is 1. The molecule has 0 heterocycles. The molecule has 9 heteroatoms. The molecule has 118 valence electrons. The van der Waals surface area contributed by atoms with Crippen molar-refractivity contribution in [1.82, 2.24) is 0 Å². The third-order valence-corrected chi connectivity index (χ3v) is 3.42. The Morgan fingerprint density at radius 1 is 1.22 bits per heavy atom. The van der Waals surface area contributed by atoms with Crippen LogP contribution in [0.5, 0.6) is 0 Å². The molecule has 0 radical (unpaired) electrons. The highest BCUT2D eigenvalue weighted by atomic mass is 35.5. The number of hydrazone groups is 1. The van der Waals surface area contributed by atoms with Crippen LogP contribution in [0.15, 0.2) is 41.5 Å². The first-order chi connectivity index (χ1) is 10.9. The summed E-state index contributed by atoms with van der Waals surface area (Å²) < 4.78 is 0. The lowest BCUT2D eigenvalue weighted by Crippen LogP contribution is -1.99. The highest BCUT2D eigenvalue weighted by Crippen LogP contribution is 2.24. The van der Waals surface area contributed by atoms with Crippen molar-refractivity contribution in [1.29, 1.82) is 0 Å². The number of aromatic carboxylic acids is 1. The Hall–Kier alpha value is -2.64. The van der Waals surface area contributed by atoms with Gasteiger partial charge in [0.1, 0.15) is 5.02 Å². The predicted molar refractivity (Wildman–Crippen MR) is 87.7 cm³/mol. The summed E-state index contributed by atoms with van der Waals surface area (Å²) in [6.45, 7) is 0. The number of benzene rings is 2. The number of nitrogens with zero attached hydrogens (tertiary/aromatic N) is 2. The fourth-order valence-corrected chi connectivity index (χ4v) is 2.07. The zero-order chi connectivity index (χ0) is 17.0. The van der Waals surface area contributed by atoms with Gasteiger partial charge in [0.2, 0.25) is 0 Å². The number of carboxylic acid groups (broad SMARTS) is 1. The van der Waals surface area contributed by atoms with Gasteiger partial charge in [-0.3, -0.25) is 15.5 Å². The van der Waals surface area contributed by atoms with Crippen LogP contribution in [0.4, 0.5) is 11.4 Å². The van der Waals surface area contributed by atoms with Crippen molar-refractivity contribution in [3.8, 4) is 0 Å². The van der Waals surface area contributed by atoms with E-state index >= 15 is 0 Å². The van der Waals surface area contributed by atoms with Crippen molar-refractivity contribution in [2.45, 2.75) is 0 Å². The molecule has 0 spiro atoms. The Kier molecular flexibility index (Phi) is 5.15. The summed E-state index contributed by atoms with van der Waals surface area (Å²) in [6, 6.07) is 8.54. The minimum Gasteiger partial charge on any atom is -0.478 e. The Labute approximate surface area is 140 Å². The summed E-state index contributed by atoms with van der Waals surface area (Å²) in [5.74, 6) is -1.16. The molecule has 0 saturated carbocycles. The molecule has 0 unspecified atom stereocenters. The van der Waals surface area contributed by atoms with E-state index in [1.54, 1.807) is 12.1 Å². The maximum atomic E-state index is 11.0. The first-order valence-electron chi connectivity index (χ1n) is 6.14. The van der Waals surface area contributed by atoms with E-state index < -0.39 is 10.9 Å². The number of carboxylic acids is 1. The number of hydrogen-bond acceptors (Lipinski definition) is 5. The van der Waals surface area contributed by atoms with Gasteiger partial charge in [0.15, 0.2) is 0 Å². The van der Waals surface area contributed by atoms with Gasteiger partial charge < -0.3 is 5.11 Å². The molecule has 2 N–H and O–H groups in total. The summed E-state index contributed by atoms with van der Waals surface area (Å²) in [5, 5.41) is 23.8. The molecule has 0 aliphatic carbocycles. The maximum absolute atomic E-state index is 11.0. The third-order valence-electron chi connectivity index (χ3n) is 2.77. The Bertz CT molecular complexity index is 809. The number of nitro groups is 1. The van der Waals surface area contributed by atoms with Gasteiger partial charge in [-0.2, -0.15) is 5.10 Å². The summed E-state index contributed by atoms with van der Waals surface area (Å²) in [6.07, 6.45) is 1.35. The average Bonchev–Trinajstić information content (AvgIpc) is 2.50. The van der Waals surface area contributed by atoms with Gasteiger partial charge in [0.05, 0.1) is 27.4 Å². The average molecular weight is 354 g/mol. The monoisotopic (exact) mass is 353 g/mol. The van der Waals surface area contributed by atoms with Gasteiger partial charge in [-0.25, -0.2) is 4.79 Å². The lowest BCUT2D eigenvalue weighted by Gasteiger charge is -2.03. The van der Waals surface area contributed by atoms with E-state index in [9.17, 15) is 14.9 Å². The van der Waals surface area contributed by atoms with E-state index in [0.29, 0.717) is 11.3 Å². The van der Waals surface area contributed by atoms with Gasteiger partial charge in [-0.15, -0.1) is 0 Å². The third kappa shape index (κ3) is 4.18. The summed E-state index contributed by atoms with van der Waals surface area (Å²) in [7, 11) is 0. The van der Waals surface area contributed by atoms with Gasteiger partial charge in [0, 0.05) is 11.6 Å². The highest BCUT2D eigenvalue weighted by Gasteiger charge is 2.12. The van der Waals surface area contributed by atoms with E-state index in [4.69, 9.17) is 28.3 Å². The SMILES string of the molecule is O=C(O)c1cc(NN=Cc2ccc(Cl)c([N+](=O)[O-])c2)ccc1Cl. The minimum absolute atomic E-state index is 0.0314. The van der Waals surface area contributed by atoms with E-state index in [1.807, 2.05) is 0 Å². The van der Waals surface area contributed by atoms with Gasteiger partial charge in [0.25, 0.3) is 5.69 Å². The minimum atomic E-state index is -1.16. The van der Waals surface area contributed by atoms with Crippen molar-refractivity contribution in [2.24, 2.45) is 5.10 Å². The zero-order valence-electron chi connectivity index (χ0n) is 11.4. The quantitative estimate of drug-likeness (QED) is 0.479. The fourth-order valence-electron chi connectivity index (χ4n) is 1.69. The molecular formula is C14H9Cl2N3O4. The van der Waals surface area contributed by atoms with Crippen LogP contribution < -0.4 is 5.43 Å².